The smallest absolute Gasteiger partial charge is 0.335 e. The second-order valence-electron chi connectivity index (χ2n) is 4.97. The minimum atomic E-state index is -1.02. The van der Waals surface area contributed by atoms with Crippen LogP contribution in [0.4, 0.5) is 0 Å². The van der Waals surface area contributed by atoms with Gasteiger partial charge in [-0.05, 0) is 35.9 Å². The van der Waals surface area contributed by atoms with E-state index < -0.39 is 5.97 Å². The van der Waals surface area contributed by atoms with Gasteiger partial charge >= 0.3 is 5.97 Å². The Hall–Kier alpha value is -2.50. The van der Waals surface area contributed by atoms with Crippen LogP contribution in [0.25, 0.3) is 11.4 Å². The molecule has 0 saturated heterocycles. The third kappa shape index (κ3) is 3.53. The molecular weight excluding hydrogens is 349 g/mol. The molecule has 5 nitrogen and oxygen atoms in total. The average molecular weight is 360 g/mol. The minimum Gasteiger partial charge on any atom is -0.478 e. The molecule has 0 radical (unpaired) electrons. The first-order valence-corrected chi connectivity index (χ1v) is 7.74. The summed E-state index contributed by atoms with van der Waals surface area (Å²) in [6, 6.07) is 9.85. The molecule has 1 aromatic carbocycles. The maximum Gasteiger partial charge on any atom is 0.335 e. The first-order valence-electron chi connectivity index (χ1n) is 6.99. The molecule has 0 amide bonds. The van der Waals surface area contributed by atoms with Gasteiger partial charge in [-0.2, -0.15) is 0 Å². The first-order chi connectivity index (χ1) is 11.5. The van der Waals surface area contributed by atoms with Crippen molar-refractivity contribution < 1.29 is 9.90 Å². The highest BCUT2D eigenvalue weighted by molar-refractivity contribution is 6.36. The zero-order chi connectivity index (χ0) is 17.1. The largest absolute Gasteiger partial charge is 0.478 e. The van der Waals surface area contributed by atoms with Crippen molar-refractivity contribution >= 4 is 29.2 Å². The van der Waals surface area contributed by atoms with Crippen LogP contribution in [-0.2, 0) is 6.42 Å². The van der Waals surface area contributed by atoms with Crippen LogP contribution < -0.4 is 0 Å². The molecule has 0 unspecified atom stereocenters. The van der Waals surface area contributed by atoms with Gasteiger partial charge in [-0.15, -0.1) is 0 Å². The molecule has 2 aromatic heterocycles. The van der Waals surface area contributed by atoms with Crippen LogP contribution >= 0.6 is 23.2 Å². The Balaban J connectivity index is 1.95. The number of hydrogen-bond acceptors (Lipinski definition) is 4. The fourth-order valence-corrected chi connectivity index (χ4v) is 2.72. The van der Waals surface area contributed by atoms with Gasteiger partial charge in [0.2, 0.25) is 0 Å². The Labute approximate surface area is 147 Å². The highest BCUT2D eigenvalue weighted by Crippen LogP contribution is 2.26. The molecule has 3 rings (SSSR count). The van der Waals surface area contributed by atoms with Crippen LogP contribution in [0.1, 0.15) is 21.7 Å². The lowest BCUT2D eigenvalue weighted by Crippen LogP contribution is -2.01. The van der Waals surface area contributed by atoms with E-state index in [0.29, 0.717) is 33.7 Å². The van der Waals surface area contributed by atoms with Gasteiger partial charge in [0.1, 0.15) is 5.82 Å². The number of aromatic nitrogens is 3. The second kappa shape index (κ2) is 6.95. The van der Waals surface area contributed by atoms with E-state index >= 15 is 0 Å². The van der Waals surface area contributed by atoms with Crippen molar-refractivity contribution in [2.45, 2.75) is 6.42 Å². The Bertz CT molecular complexity index is 896. The number of pyridine rings is 1. The Kier molecular flexibility index (Phi) is 4.74. The standard InChI is InChI=1S/C17H11Cl2N3O2/c18-12-2-1-3-13(19)11(12)9-16-21-7-5-14(22-16)15-8-10(17(23)24)4-6-20-15/h1-8H,9H2,(H,23,24). The highest BCUT2D eigenvalue weighted by atomic mass is 35.5. The third-order valence-electron chi connectivity index (χ3n) is 3.37. The molecule has 0 bridgehead atoms. The lowest BCUT2D eigenvalue weighted by atomic mass is 10.1. The van der Waals surface area contributed by atoms with E-state index in [1.54, 1.807) is 30.5 Å². The van der Waals surface area contributed by atoms with E-state index in [9.17, 15) is 4.79 Å². The zero-order valence-corrected chi connectivity index (χ0v) is 13.8. The summed E-state index contributed by atoms with van der Waals surface area (Å²) < 4.78 is 0. The fourth-order valence-electron chi connectivity index (χ4n) is 2.19. The number of carboxylic acid groups (broad SMARTS) is 1. The van der Waals surface area contributed by atoms with Crippen molar-refractivity contribution in [3.05, 3.63) is 75.8 Å². The molecule has 0 aliphatic rings. The van der Waals surface area contributed by atoms with Gasteiger partial charge in [-0.3, -0.25) is 4.98 Å². The molecule has 0 fully saturated rings. The summed E-state index contributed by atoms with van der Waals surface area (Å²) >= 11 is 12.3. The van der Waals surface area contributed by atoms with Gasteiger partial charge in [0, 0.05) is 28.9 Å². The van der Waals surface area contributed by atoms with Crippen molar-refractivity contribution in [3.63, 3.8) is 0 Å². The van der Waals surface area contributed by atoms with Crippen LogP contribution in [0.3, 0.4) is 0 Å². The van der Waals surface area contributed by atoms with Crippen molar-refractivity contribution in [2.24, 2.45) is 0 Å². The number of halogens is 2. The molecule has 0 atom stereocenters. The van der Waals surface area contributed by atoms with Crippen LogP contribution in [-0.4, -0.2) is 26.0 Å². The number of aromatic carboxylic acids is 1. The topological polar surface area (TPSA) is 76.0 Å². The number of nitrogens with zero attached hydrogens (tertiary/aromatic N) is 3. The van der Waals surface area contributed by atoms with E-state index in [0.717, 1.165) is 5.56 Å². The molecule has 1 N–H and O–H groups in total. The van der Waals surface area contributed by atoms with Gasteiger partial charge in [-0.25, -0.2) is 14.8 Å². The van der Waals surface area contributed by atoms with Crippen molar-refractivity contribution in [3.8, 4) is 11.4 Å². The predicted octanol–water partition coefficient (Wildman–Crippen LogP) is 4.13. The Morgan fingerprint density at radius 3 is 2.42 bits per heavy atom. The van der Waals surface area contributed by atoms with Gasteiger partial charge in [0.05, 0.1) is 17.0 Å². The average Bonchev–Trinajstić information content (AvgIpc) is 2.59. The summed E-state index contributed by atoms with van der Waals surface area (Å²) in [6.07, 6.45) is 3.40. The molecule has 0 saturated carbocycles. The molecule has 0 aliphatic carbocycles. The molecule has 120 valence electrons. The maximum atomic E-state index is 11.1. The molecule has 0 aliphatic heterocycles. The van der Waals surface area contributed by atoms with Gasteiger partial charge in [0.25, 0.3) is 0 Å². The van der Waals surface area contributed by atoms with E-state index in [4.69, 9.17) is 28.3 Å². The maximum absolute atomic E-state index is 11.1. The van der Waals surface area contributed by atoms with Gasteiger partial charge < -0.3 is 5.11 Å². The number of rotatable bonds is 4. The summed E-state index contributed by atoms with van der Waals surface area (Å²) in [7, 11) is 0. The van der Waals surface area contributed by atoms with Crippen molar-refractivity contribution in [1.82, 2.24) is 15.0 Å². The van der Waals surface area contributed by atoms with E-state index in [-0.39, 0.29) is 5.56 Å². The fraction of sp³-hybridized carbons (Fsp3) is 0.0588. The summed E-state index contributed by atoms with van der Waals surface area (Å²) in [5.41, 5.74) is 1.88. The Morgan fingerprint density at radius 1 is 1.00 bits per heavy atom. The molecule has 0 spiro atoms. The van der Waals surface area contributed by atoms with Crippen LogP contribution in [0.2, 0.25) is 10.0 Å². The number of carboxylic acids is 1. The second-order valence-corrected chi connectivity index (χ2v) is 5.78. The lowest BCUT2D eigenvalue weighted by molar-refractivity contribution is 0.0697. The summed E-state index contributed by atoms with van der Waals surface area (Å²) in [4.78, 5) is 23.9. The molecular formula is C17H11Cl2N3O2. The van der Waals surface area contributed by atoms with Crippen molar-refractivity contribution in [2.75, 3.05) is 0 Å². The van der Waals surface area contributed by atoms with E-state index in [1.165, 1.54) is 18.3 Å². The van der Waals surface area contributed by atoms with Crippen LogP contribution in [0, 0.1) is 0 Å². The van der Waals surface area contributed by atoms with Gasteiger partial charge in [0.15, 0.2) is 0 Å². The van der Waals surface area contributed by atoms with Gasteiger partial charge in [-0.1, -0.05) is 29.3 Å². The molecule has 7 heteroatoms. The third-order valence-corrected chi connectivity index (χ3v) is 4.08. The monoisotopic (exact) mass is 359 g/mol. The SMILES string of the molecule is O=C(O)c1ccnc(-c2ccnc(Cc3c(Cl)cccc3Cl)n2)c1. The highest BCUT2D eigenvalue weighted by Gasteiger charge is 2.11. The minimum absolute atomic E-state index is 0.148. The Morgan fingerprint density at radius 2 is 1.71 bits per heavy atom. The summed E-state index contributed by atoms with van der Waals surface area (Å²) in [5.74, 6) is -0.499. The van der Waals surface area contributed by atoms with Crippen LogP contribution in [0.15, 0.2) is 48.8 Å². The predicted molar refractivity (Wildman–Crippen MR) is 91.5 cm³/mol. The van der Waals surface area contributed by atoms with Crippen LogP contribution in [0.5, 0.6) is 0 Å². The number of hydrogen-bond donors (Lipinski definition) is 1. The quantitative estimate of drug-likeness (QED) is 0.757. The summed E-state index contributed by atoms with van der Waals surface area (Å²) in [6.45, 7) is 0. The van der Waals surface area contributed by atoms with Crippen molar-refractivity contribution in [1.29, 1.82) is 0 Å². The normalized spacial score (nSPS) is 10.6. The van der Waals surface area contributed by atoms with E-state index in [1.807, 2.05) is 0 Å². The number of benzene rings is 1. The zero-order valence-electron chi connectivity index (χ0n) is 12.3. The first kappa shape index (κ1) is 16.4. The number of carbonyl (C=O) groups is 1. The summed E-state index contributed by atoms with van der Waals surface area (Å²) in [5, 5.41) is 10.2. The lowest BCUT2D eigenvalue weighted by Gasteiger charge is -2.07. The molecule has 24 heavy (non-hydrogen) atoms. The molecule has 3 aromatic rings. The molecule has 2 heterocycles. The van der Waals surface area contributed by atoms with E-state index in [2.05, 4.69) is 15.0 Å².